The average Bonchev–Trinajstić information content (AvgIpc) is 2.73. The monoisotopic (exact) mass is 400 g/mol. The SMILES string of the molecule is COc1ccccc1OCC(=O)NC1CCN(C(=O)c2ccccc2S)CC1. The molecule has 28 heavy (non-hydrogen) atoms. The summed E-state index contributed by atoms with van der Waals surface area (Å²) in [7, 11) is 1.56. The van der Waals surface area contributed by atoms with Gasteiger partial charge in [-0.2, -0.15) is 0 Å². The molecule has 0 unspecified atom stereocenters. The van der Waals surface area contributed by atoms with Gasteiger partial charge in [0.1, 0.15) is 0 Å². The Morgan fingerprint density at radius 3 is 2.39 bits per heavy atom. The Labute approximate surface area is 170 Å². The molecule has 0 aromatic heterocycles. The van der Waals surface area contributed by atoms with Gasteiger partial charge in [0.05, 0.1) is 12.7 Å². The van der Waals surface area contributed by atoms with Crippen LogP contribution in [0.3, 0.4) is 0 Å². The first-order valence-electron chi connectivity index (χ1n) is 9.21. The molecule has 1 saturated heterocycles. The van der Waals surface area contributed by atoms with Crippen LogP contribution in [0.15, 0.2) is 53.4 Å². The molecule has 2 aromatic rings. The minimum atomic E-state index is -0.184. The second-order valence-electron chi connectivity index (χ2n) is 6.59. The zero-order chi connectivity index (χ0) is 19.9. The third kappa shape index (κ3) is 4.98. The molecule has 0 spiro atoms. The smallest absolute Gasteiger partial charge is 0.258 e. The standard InChI is InChI=1S/C21H24N2O4S/c1-26-17-7-3-4-8-18(17)27-14-20(24)22-15-10-12-23(13-11-15)21(25)16-6-2-5-9-19(16)28/h2-9,15,28H,10-14H2,1H3,(H,22,24). The predicted molar refractivity (Wildman–Crippen MR) is 109 cm³/mol. The number of benzene rings is 2. The van der Waals surface area contributed by atoms with Gasteiger partial charge in [-0.15, -0.1) is 12.6 Å². The molecule has 0 atom stereocenters. The molecule has 1 aliphatic rings. The number of methoxy groups -OCH3 is 1. The van der Waals surface area contributed by atoms with Gasteiger partial charge < -0.3 is 19.7 Å². The lowest BCUT2D eigenvalue weighted by molar-refractivity contribution is -0.124. The van der Waals surface area contributed by atoms with Crippen LogP contribution in [0, 0.1) is 0 Å². The lowest BCUT2D eigenvalue weighted by Gasteiger charge is -2.32. The molecule has 0 aliphatic carbocycles. The van der Waals surface area contributed by atoms with Crippen LogP contribution in [0.1, 0.15) is 23.2 Å². The molecule has 0 saturated carbocycles. The third-order valence-corrected chi connectivity index (χ3v) is 5.10. The van der Waals surface area contributed by atoms with Crippen LogP contribution in [0.4, 0.5) is 0 Å². The number of carbonyl (C=O) groups excluding carboxylic acids is 2. The predicted octanol–water partition coefficient (Wildman–Crippen LogP) is 2.78. The van der Waals surface area contributed by atoms with Crippen LogP contribution in [0.2, 0.25) is 0 Å². The van der Waals surface area contributed by atoms with E-state index < -0.39 is 0 Å². The van der Waals surface area contributed by atoms with Crippen molar-refractivity contribution in [2.75, 3.05) is 26.8 Å². The van der Waals surface area contributed by atoms with Crippen molar-refractivity contribution in [3.8, 4) is 11.5 Å². The maximum atomic E-state index is 12.6. The molecule has 3 rings (SSSR count). The molecule has 7 heteroatoms. The van der Waals surface area contributed by atoms with E-state index >= 15 is 0 Å². The fourth-order valence-corrected chi connectivity index (χ4v) is 3.46. The van der Waals surface area contributed by atoms with Crippen molar-refractivity contribution in [1.29, 1.82) is 0 Å². The fraction of sp³-hybridized carbons (Fsp3) is 0.333. The zero-order valence-electron chi connectivity index (χ0n) is 15.8. The number of nitrogens with one attached hydrogen (secondary N) is 1. The number of hydrogen-bond donors (Lipinski definition) is 2. The molecule has 1 N–H and O–H groups in total. The van der Waals surface area contributed by atoms with Crippen molar-refractivity contribution in [2.45, 2.75) is 23.8 Å². The first-order valence-corrected chi connectivity index (χ1v) is 9.65. The van der Waals surface area contributed by atoms with Crippen molar-refractivity contribution >= 4 is 24.4 Å². The molecular weight excluding hydrogens is 376 g/mol. The maximum Gasteiger partial charge on any atom is 0.258 e. The van der Waals surface area contributed by atoms with Crippen LogP contribution < -0.4 is 14.8 Å². The van der Waals surface area contributed by atoms with E-state index in [9.17, 15) is 9.59 Å². The summed E-state index contributed by atoms with van der Waals surface area (Å²) < 4.78 is 10.8. The van der Waals surface area contributed by atoms with Gasteiger partial charge in [0, 0.05) is 24.0 Å². The first kappa shape index (κ1) is 20.1. The normalized spacial score (nSPS) is 14.4. The van der Waals surface area contributed by atoms with E-state index in [0.717, 1.165) is 0 Å². The number of thiol groups is 1. The average molecular weight is 401 g/mol. The number of amides is 2. The Kier molecular flexibility index (Phi) is 6.81. The molecule has 6 nitrogen and oxygen atoms in total. The summed E-state index contributed by atoms with van der Waals surface area (Å²) in [6.07, 6.45) is 1.42. The van der Waals surface area contributed by atoms with Gasteiger partial charge in [-0.05, 0) is 37.1 Å². The van der Waals surface area contributed by atoms with Gasteiger partial charge in [-0.3, -0.25) is 9.59 Å². The molecule has 2 amide bonds. The molecule has 1 heterocycles. The maximum absolute atomic E-state index is 12.6. The van der Waals surface area contributed by atoms with Gasteiger partial charge in [0.2, 0.25) is 0 Å². The molecule has 148 valence electrons. The lowest BCUT2D eigenvalue weighted by Crippen LogP contribution is -2.47. The van der Waals surface area contributed by atoms with Crippen LogP contribution in [0.5, 0.6) is 11.5 Å². The van der Waals surface area contributed by atoms with Crippen LogP contribution in [-0.2, 0) is 4.79 Å². The summed E-state index contributed by atoms with van der Waals surface area (Å²) >= 11 is 4.36. The van der Waals surface area contributed by atoms with Crippen LogP contribution in [0.25, 0.3) is 0 Å². The van der Waals surface area contributed by atoms with Gasteiger partial charge >= 0.3 is 0 Å². The van der Waals surface area contributed by atoms with E-state index in [2.05, 4.69) is 17.9 Å². The quantitative estimate of drug-likeness (QED) is 0.732. The van der Waals surface area contributed by atoms with E-state index in [1.54, 1.807) is 25.3 Å². The van der Waals surface area contributed by atoms with Gasteiger partial charge in [0.15, 0.2) is 18.1 Å². The summed E-state index contributed by atoms with van der Waals surface area (Å²) in [4.78, 5) is 27.3. The van der Waals surface area contributed by atoms with Crippen LogP contribution in [-0.4, -0.2) is 49.6 Å². The van der Waals surface area contributed by atoms with Crippen molar-refractivity contribution < 1.29 is 19.1 Å². The Morgan fingerprint density at radius 2 is 1.71 bits per heavy atom. The minimum absolute atomic E-state index is 0.0186. The molecule has 0 bridgehead atoms. The summed E-state index contributed by atoms with van der Waals surface area (Å²) in [6, 6.07) is 14.5. The molecule has 1 aliphatic heterocycles. The molecule has 2 aromatic carbocycles. The fourth-order valence-electron chi connectivity index (χ4n) is 3.20. The summed E-state index contributed by atoms with van der Waals surface area (Å²) in [5, 5.41) is 2.98. The highest BCUT2D eigenvalue weighted by Gasteiger charge is 2.25. The Morgan fingerprint density at radius 1 is 1.07 bits per heavy atom. The highest BCUT2D eigenvalue weighted by atomic mass is 32.1. The molecule has 0 radical (unpaired) electrons. The lowest BCUT2D eigenvalue weighted by atomic mass is 10.0. The second-order valence-corrected chi connectivity index (χ2v) is 7.07. The van der Waals surface area contributed by atoms with E-state index in [0.29, 0.717) is 47.9 Å². The first-order chi connectivity index (χ1) is 13.6. The number of piperidine rings is 1. The van der Waals surface area contributed by atoms with Crippen molar-refractivity contribution in [1.82, 2.24) is 10.2 Å². The Hall–Kier alpha value is -2.67. The Bertz CT molecular complexity index is 835. The number of likely N-dealkylation sites (tertiary alicyclic amines) is 1. The van der Waals surface area contributed by atoms with E-state index in [-0.39, 0.29) is 24.5 Å². The second kappa shape index (κ2) is 9.50. The molecule has 1 fully saturated rings. The topological polar surface area (TPSA) is 67.9 Å². The van der Waals surface area contributed by atoms with Crippen molar-refractivity contribution in [3.05, 3.63) is 54.1 Å². The number of nitrogens with zero attached hydrogens (tertiary/aromatic N) is 1. The molecular formula is C21H24N2O4S. The van der Waals surface area contributed by atoms with E-state index in [4.69, 9.17) is 9.47 Å². The summed E-state index contributed by atoms with van der Waals surface area (Å²) in [5.74, 6) is 0.920. The van der Waals surface area contributed by atoms with Crippen molar-refractivity contribution in [3.63, 3.8) is 0 Å². The highest BCUT2D eigenvalue weighted by molar-refractivity contribution is 7.80. The van der Waals surface area contributed by atoms with Gasteiger partial charge in [-0.25, -0.2) is 0 Å². The number of para-hydroxylation sites is 2. The van der Waals surface area contributed by atoms with Crippen molar-refractivity contribution in [2.24, 2.45) is 0 Å². The van der Waals surface area contributed by atoms with Gasteiger partial charge in [-0.1, -0.05) is 24.3 Å². The zero-order valence-corrected chi connectivity index (χ0v) is 16.7. The summed E-state index contributed by atoms with van der Waals surface area (Å²) in [5.41, 5.74) is 0.610. The summed E-state index contributed by atoms with van der Waals surface area (Å²) in [6.45, 7) is 1.12. The number of hydrogen-bond acceptors (Lipinski definition) is 5. The highest BCUT2D eigenvalue weighted by Crippen LogP contribution is 2.25. The number of rotatable bonds is 6. The van der Waals surface area contributed by atoms with Gasteiger partial charge in [0.25, 0.3) is 11.8 Å². The number of carbonyl (C=O) groups is 2. The van der Waals surface area contributed by atoms with E-state index in [1.807, 2.05) is 35.2 Å². The third-order valence-electron chi connectivity index (χ3n) is 4.71. The largest absolute Gasteiger partial charge is 0.493 e. The Balaban J connectivity index is 1.46. The minimum Gasteiger partial charge on any atom is -0.493 e. The number of ether oxygens (including phenoxy) is 2. The van der Waals surface area contributed by atoms with E-state index in [1.165, 1.54) is 0 Å². The van der Waals surface area contributed by atoms with Crippen LogP contribution >= 0.6 is 12.6 Å².